The van der Waals surface area contributed by atoms with Gasteiger partial charge in [0.25, 0.3) is 0 Å². The Hall–Kier alpha value is -2.55. The van der Waals surface area contributed by atoms with Gasteiger partial charge in [-0.1, -0.05) is 0 Å². The van der Waals surface area contributed by atoms with Crippen molar-refractivity contribution in [3.05, 3.63) is 61.3 Å². The largest absolute Gasteiger partial charge is 0.369 e. The van der Waals surface area contributed by atoms with E-state index < -0.39 is 20.3 Å². The first-order valence-corrected chi connectivity index (χ1v) is 2.19. The van der Waals surface area contributed by atoms with Crippen LogP contribution >= 0.6 is 0 Å². The number of nitrogens with zero attached hydrogens (tertiary/aromatic N) is 4. The summed E-state index contributed by atoms with van der Waals surface area (Å²) in [5.74, 6) is 0. The van der Waals surface area contributed by atoms with Gasteiger partial charge in [0.2, 0.25) is 0 Å². The summed E-state index contributed by atoms with van der Waals surface area (Å²) in [6.07, 6.45) is 0. The van der Waals surface area contributed by atoms with Crippen LogP contribution < -0.4 is 6.15 Å². The van der Waals surface area contributed by atoms with Gasteiger partial charge in [0, 0.05) is 21.1 Å². The molecule has 0 spiro atoms. The molecule has 114 valence electrons. The Morgan fingerprint density at radius 3 is 0.444 bits per heavy atom. The van der Waals surface area contributed by atoms with Gasteiger partial charge in [-0.2, -0.15) is 0 Å². The van der Waals surface area contributed by atoms with Gasteiger partial charge in [-0.25, -0.2) is 0 Å². The number of rotatable bonds is 0. The molecule has 0 aliphatic heterocycles. The molecule has 4 N–H and O–H groups in total. The maximum Gasteiger partial charge on any atom is 0.0689 e. The molecule has 0 heterocycles. The maximum absolute atomic E-state index is 8.25. The molecule has 18 heteroatoms. The third kappa shape index (κ3) is 320. The molecule has 0 fully saturated rings. The molecule has 0 rings (SSSR count). The molecule has 0 aromatic rings. The molecule has 0 atom stereocenters. The van der Waals surface area contributed by atoms with Crippen molar-refractivity contribution in [2.24, 2.45) is 0 Å². The molecule has 18 heavy (non-hydrogen) atoms. The van der Waals surface area contributed by atoms with E-state index in [2.05, 4.69) is 0 Å². The quantitative estimate of drug-likeness (QED) is 0.350. The van der Waals surface area contributed by atoms with Crippen LogP contribution in [0, 0.1) is 61.3 Å². The van der Waals surface area contributed by atoms with Gasteiger partial charge in [-0.3, -0.25) is 0 Å². The smallest absolute Gasteiger partial charge is 0.0689 e. The molecular formula is H4N5O12Pt-3. The Bertz CT molecular complexity index is 161. The van der Waals surface area contributed by atoms with Gasteiger partial charge >= 0.3 is 0 Å². The predicted molar refractivity (Wildman–Crippen MR) is 47.4 cm³/mol. The zero-order valence-electron chi connectivity index (χ0n) is 8.00. The van der Waals surface area contributed by atoms with Crippen LogP contribution in [0.15, 0.2) is 0 Å². The van der Waals surface area contributed by atoms with Crippen LogP contribution in [-0.4, -0.2) is 20.3 Å². The predicted octanol–water partition coefficient (Wildman–Crippen LogP) is -0.583. The minimum Gasteiger partial charge on any atom is -0.369 e. The molecule has 0 aromatic heterocycles. The van der Waals surface area contributed by atoms with Crippen LogP contribution in [0.5, 0.6) is 0 Å². The van der Waals surface area contributed by atoms with E-state index in [1.54, 1.807) is 0 Å². The van der Waals surface area contributed by atoms with Crippen molar-refractivity contribution in [2.45, 2.75) is 0 Å². The Morgan fingerprint density at radius 2 is 0.444 bits per heavy atom. The molecule has 0 unspecified atom stereocenters. The summed E-state index contributed by atoms with van der Waals surface area (Å²) in [7, 11) is 0. The van der Waals surface area contributed by atoms with Gasteiger partial charge in [-0.05, 0) is 0 Å². The van der Waals surface area contributed by atoms with Crippen molar-refractivity contribution in [3.8, 4) is 0 Å². The number of quaternary nitrogens is 1. The monoisotopic (exact) mass is 461 g/mol. The number of hydrogen-bond donors (Lipinski definition) is 1. The fourth-order valence-corrected chi connectivity index (χ4v) is 0. The Kier molecular flexibility index (Phi) is 58.7. The molecule has 0 saturated heterocycles. The third-order valence-corrected chi connectivity index (χ3v) is 0. The van der Waals surface area contributed by atoms with E-state index in [0.717, 1.165) is 0 Å². The SMILES string of the molecule is O=[N+]([O-])[O-].O=[N+]([O-])[O-].O=[N+]([O-])[O-].O=[N+]([O-])[O-].[NH4+].[Pt]. The van der Waals surface area contributed by atoms with Crippen LogP contribution in [0.2, 0.25) is 0 Å². The minimum absolute atomic E-state index is 0. The summed E-state index contributed by atoms with van der Waals surface area (Å²) in [4.78, 5) is 33.0. The Balaban J connectivity index is -0.0000000257. The van der Waals surface area contributed by atoms with E-state index in [1.165, 1.54) is 0 Å². The first-order chi connectivity index (χ1) is 6.93. The topological polar surface area (TPSA) is 301 Å². The van der Waals surface area contributed by atoms with E-state index >= 15 is 0 Å². The summed E-state index contributed by atoms with van der Waals surface area (Å²) >= 11 is 0. The third-order valence-electron chi connectivity index (χ3n) is 0. The average Bonchev–Trinajstić information content (AvgIpc) is 1.76. The first kappa shape index (κ1) is 36.1. The second-order valence-electron chi connectivity index (χ2n) is 0.894. The van der Waals surface area contributed by atoms with Crippen molar-refractivity contribution >= 4 is 0 Å². The van der Waals surface area contributed by atoms with Crippen molar-refractivity contribution in [2.75, 3.05) is 0 Å². The molecule has 0 aliphatic rings. The second-order valence-corrected chi connectivity index (χ2v) is 0.894. The second kappa shape index (κ2) is 29.3. The van der Waals surface area contributed by atoms with Gasteiger partial charge in [-0.15, -0.1) is 0 Å². The summed E-state index contributed by atoms with van der Waals surface area (Å²) in [6, 6.07) is 0. The minimum atomic E-state index is -1.75. The molecular weight excluding hydrogens is 457 g/mol. The van der Waals surface area contributed by atoms with Crippen molar-refractivity contribution < 1.29 is 41.4 Å². The van der Waals surface area contributed by atoms with Crippen LogP contribution in [0.25, 0.3) is 0 Å². The Labute approximate surface area is 110 Å². The molecule has 0 aromatic carbocycles. The molecule has 0 amide bonds. The van der Waals surface area contributed by atoms with Gasteiger partial charge in [0.1, 0.15) is 0 Å². The molecule has 0 saturated carbocycles. The zero-order valence-corrected chi connectivity index (χ0v) is 10.3. The fraction of sp³-hybridized carbons (Fsp3) is 0. The molecule has 0 radical (unpaired) electrons. The van der Waals surface area contributed by atoms with Crippen LogP contribution in [0.3, 0.4) is 0 Å². The summed E-state index contributed by atoms with van der Waals surface area (Å²) in [5.41, 5.74) is 0. The van der Waals surface area contributed by atoms with E-state index in [1.807, 2.05) is 0 Å². The summed E-state index contributed by atoms with van der Waals surface area (Å²) in [6.45, 7) is 0. The van der Waals surface area contributed by atoms with E-state index in [4.69, 9.17) is 61.3 Å². The number of hydrogen-bond acceptors (Lipinski definition) is 12. The standard InChI is InChI=1S/4NO3.H3N.Pt/c4*2-1(3)4;;/h;;;;1H3;/q4*-1;;/p+1. The van der Waals surface area contributed by atoms with E-state index in [0.29, 0.717) is 0 Å². The average molecular weight is 461 g/mol. The van der Waals surface area contributed by atoms with Crippen LogP contribution in [-0.2, 0) is 21.1 Å². The van der Waals surface area contributed by atoms with Gasteiger partial charge in [0.15, 0.2) is 0 Å². The van der Waals surface area contributed by atoms with Crippen LogP contribution in [0.4, 0.5) is 0 Å². The van der Waals surface area contributed by atoms with Crippen molar-refractivity contribution in [3.63, 3.8) is 0 Å². The summed E-state index contributed by atoms with van der Waals surface area (Å²) < 4.78 is 0. The summed E-state index contributed by atoms with van der Waals surface area (Å²) in [5, 5.41) is 59.0. The fourth-order valence-electron chi connectivity index (χ4n) is 0. The molecule has 0 aliphatic carbocycles. The normalized spacial score (nSPS) is 5.33. The maximum atomic E-state index is 8.25. The van der Waals surface area contributed by atoms with Crippen molar-refractivity contribution in [1.29, 1.82) is 0 Å². The van der Waals surface area contributed by atoms with Crippen LogP contribution in [0.1, 0.15) is 0 Å². The van der Waals surface area contributed by atoms with Crippen molar-refractivity contribution in [1.82, 2.24) is 6.15 Å². The zero-order chi connectivity index (χ0) is 14.3. The van der Waals surface area contributed by atoms with Gasteiger partial charge in [0.05, 0.1) is 20.3 Å². The molecule has 0 bridgehead atoms. The van der Waals surface area contributed by atoms with Gasteiger partial charge < -0.3 is 67.4 Å². The van der Waals surface area contributed by atoms with E-state index in [-0.39, 0.29) is 27.2 Å². The van der Waals surface area contributed by atoms with E-state index in [9.17, 15) is 0 Å². The molecule has 17 nitrogen and oxygen atoms in total. The Morgan fingerprint density at radius 1 is 0.444 bits per heavy atom. The first-order valence-electron chi connectivity index (χ1n) is 2.19.